The highest BCUT2D eigenvalue weighted by molar-refractivity contribution is 5.96. The van der Waals surface area contributed by atoms with Crippen LogP contribution in [0.3, 0.4) is 0 Å². The molecule has 1 atom stereocenters. The molecule has 8 nitrogen and oxygen atoms in total. The Balaban J connectivity index is 1.79. The Morgan fingerprint density at radius 1 is 1.21 bits per heavy atom. The third-order valence-corrected chi connectivity index (χ3v) is 4.12. The van der Waals surface area contributed by atoms with Gasteiger partial charge in [-0.1, -0.05) is 11.2 Å². The molecule has 29 heavy (non-hydrogen) atoms. The summed E-state index contributed by atoms with van der Waals surface area (Å²) in [6.07, 6.45) is 0. The number of halogens is 1. The molecule has 0 bridgehead atoms. The number of amides is 2. The van der Waals surface area contributed by atoms with Crippen LogP contribution in [0.1, 0.15) is 29.1 Å². The van der Waals surface area contributed by atoms with Crippen molar-refractivity contribution < 1.29 is 28.3 Å². The monoisotopic (exact) mass is 399 g/mol. The maximum Gasteiger partial charge on any atom is 0.341 e. The molecule has 1 aromatic heterocycles. The zero-order valence-electron chi connectivity index (χ0n) is 15.6. The predicted octanol–water partition coefficient (Wildman–Crippen LogP) is 4.07. The van der Waals surface area contributed by atoms with Crippen LogP contribution in [0.2, 0.25) is 0 Å². The van der Waals surface area contributed by atoms with E-state index in [-0.39, 0.29) is 17.0 Å². The second-order valence-electron chi connectivity index (χ2n) is 6.13. The molecule has 0 unspecified atom stereocenters. The van der Waals surface area contributed by atoms with Gasteiger partial charge in [0.1, 0.15) is 22.8 Å². The van der Waals surface area contributed by atoms with E-state index in [0.29, 0.717) is 17.0 Å². The predicted molar refractivity (Wildman–Crippen MR) is 102 cm³/mol. The molecule has 150 valence electrons. The molecule has 2 amide bonds. The van der Waals surface area contributed by atoms with Gasteiger partial charge >= 0.3 is 12.0 Å². The van der Waals surface area contributed by atoms with E-state index in [2.05, 4.69) is 15.8 Å². The second kappa shape index (κ2) is 8.42. The zero-order valence-corrected chi connectivity index (χ0v) is 15.6. The quantitative estimate of drug-likeness (QED) is 0.576. The number of carbonyl (C=O) groups is 2. The summed E-state index contributed by atoms with van der Waals surface area (Å²) in [7, 11) is 1.51. The number of nitrogens with one attached hydrogen (secondary N) is 2. The highest BCUT2D eigenvalue weighted by Gasteiger charge is 2.28. The van der Waals surface area contributed by atoms with Gasteiger partial charge in [-0.3, -0.25) is 0 Å². The van der Waals surface area contributed by atoms with E-state index in [0.717, 1.165) is 0 Å². The van der Waals surface area contributed by atoms with Gasteiger partial charge in [-0.15, -0.1) is 0 Å². The van der Waals surface area contributed by atoms with Crippen molar-refractivity contribution >= 4 is 17.7 Å². The number of aromatic carboxylic acids is 1. The van der Waals surface area contributed by atoms with Crippen molar-refractivity contribution in [3.05, 3.63) is 65.7 Å². The van der Waals surface area contributed by atoms with Crippen molar-refractivity contribution in [2.75, 3.05) is 12.4 Å². The molecule has 3 aromatic rings. The van der Waals surface area contributed by atoms with E-state index in [9.17, 15) is 19.1 Å². The van der Waals surface area contributed by atoms with Crippen molar-refractivity contribution in [3.8, 4) is 17.0 Å². The van der Waals surface area contributed by atoms with Crippen LogP contribution in [0.25, 0.3) is 11.3 Å². The van der Waals surface area contributed by atoms with Crippen LogP contribution in [0, 0.1) is 5.82 Å². The van der Waals surface area contributed by atoms with E-state index >= 15 is 0 Å². The lowest BCUT2D eigenvalue weighted by molar-refractivity contribution is 0.0694. The summed E-state index contributed by atoms with van der Waals surface area (Å²) in [5.41, 5.74) is 0.726. The number of urea groups is 1. The van der Waals surface area contributed by atoms with Crippen LogP contribution < -0.4 is 15.4 Å². The lowest BCUT2D eigenvalue weighted by Gasteiger charge is -2.13. The van der Waals surface area contributed by atoms with Gasteiger partial charge in [0.2, 0.25) is 0 Å². The molecular weight excluding hydrogens is 381 g/mol. The topological polar surface area (TPSA) is 114 Å². The molecule has 0 saturated heterocycles. The first-order valence-corrected chi connectivity index (χ1v) is 8.59. The molecule has 0 aliphatic heterocycles. The molecule has 1 heterocycles. The fourth-order valence-electron chi connectivity index (χ4n) is 2.74. The van der Waals surface area contributed by atoms with Gasteiger partial charge in [0.05, 0.1) is 13.2 Å². The number of carboxylic acids is 1. The number of nitrogens with zero attached hydrogens (tertiary/aromatic N) is 1. The standard InChI is InChI=1S/C20H18FN3O5/c1-11(22-20(27)23-14-4-3-5-15(10-14)28-2)18-16(19(25)26)17(24-29-18)12-6-8-13(21)9-7-12/h3-11H,1-2H3,(H,25,26)(H2,22,23,27)/t11-/m1/s1. The summed E-state index contributed by atoms with van der Waals surface area (Å²) in [5.74, 6) is -1.19. The highest BCUT2D eigenvalue weighted by Crippen LogP contribution is 2.29. The molecule has 0 fully saturated rings. The normalized spacial score (nSPS) is 11.6. The number of anilines is 1. The number of ether oxygens (including phenoxy) is 1. The third-order valence-electron chi connectivity index (χ3n) is 4.12. The van der Waals surface area contributed by atoms with Gasteiger partial charge in [0.25, 0.3) is 0 Å². The molecular formula is C20H18FN3O5. The number of hydrogen-bond acceptors (Lipinski definition) is 5. The summed E-state index contributed by atoms with van der Waals surface area (Å²) >= 11 is 0. The van der Waals surface area contributed by atoms with Crippen molar-refractivity contribution in [2.45, 2.75) is 13.0 Å². The van der Waals surface area contributed by atoms with E-state index < -0.39 is 23.9 Å². The summed E-state index contributed by atoms with van der Waals surface area (Å²) in [4.78, 5) is 24.1. The fraction of sp³-hybridized carbons (Fsp3) is 0.150. The molecule has 0 aliphatic carbocycles. The lowest BCUT2D eigenvalue weighted by atomic mass is 10.0. The first kappa shape index (κ1) is 19.9. The Hall–Kier alpha value is -3.88. The highest BCUT2D eigenvalue weighted by atomic mass is 19.1. The smallest absolute Gasteiger partial charge is 0.341 e. The Morgan fingerprint density at radius 2 is 1.93 bits per heavy atom. The molecule has 3 N–H and O–H groups in total. The summed E-state index contributed by atoms with van der Waals surface area (Å²) < 4.78 is 23.4. The maximum absolute atomic E-state index is 13.1. The van der Waals surface area contributed by atoms with Crippen LogP contribution >= 0.6 is 0 Å². The molecule has 0 radical (unpaired) electrons. The van der Waals surface area contributed by atoms with Crippen LogP contribution in [0.5, 0.6) is 5.75 Å². The zero-order chi connectivity index (χ0) is 21.0. The average molecular weight is 399 g/mol. The molecule has 9 heteroatoms. The lowest BCUT2D eigenvalue weighted by Crippen LogP contribution is -2.31. The van der Waals surface area contributed by atoms with Crippen LogP contribution in [0.4, 0.5) is 14.9 Å². The van der Waals surface area contributed by atoms with Crippen LogP contribution in [-0.4, -0.2) is 29.4 Å². The second-order valence-corrected chi connectivity index (χ2v) is 6.13. The van der Waals surface area contributed by atoms with E-state index in [1.54, 1.807) is 31.2 Å². The van der Waals surface area contributed by atoms with Gasteiger partial charge in [-0.25, -0.2) is 14.0 Å². The maximum atomic E-state index is 13.1. The van der Waals surface area contributed by atoms with Gasteiger partial charge < -0.3 is 25.0 Å². The SMILES string of the molecule is COc1cccc(NC(=O)N[C@H](C)c2onc(-c3ccc(F)cc3)c2C(=O)O)c1. The summed E-state index contributed by atoms with van der Waals surface area (Å²) in [6, 6.07) is 10.6. The molecule has 0 aliphatic rings. The van der Waals surface area contributed by atoms with Crippen molar-refractivity contribution in [2.24, 2.45) is 0 Å². The number of rotatable bonds is 6. The van der Waals surface area contributed by atoms with Crippen LogP contribution in [-0.2, 0) is 0 Å². The van der Waals surface area contributed by atoms with Crippen molar-refractivity contribution in [3.63, 3.8) is 0 Å². The number of hydrogen-bond donors (Lipinski definition) is 3. The number of carbonyl (C=O) groups excluding carboxylic acids is 1. The minimum atomic E-state index is -1.28. The average Bonchev–Trinajstić information content (AvgIpc) is 3.14. The largest absolute Gasteiger partial charge is 0.497 e. The Morgan fingerprint density at radius 3 is 2.59 bits per heavy atom. The Kier molecular flexibility index (Phi) is 5.77. The van der Waals surface area contributed by atoms with Gasteiger partial charge in [-0.05, 0) is 43.3 Å². The summed E-state index contributed by atoms with van der Waals surface area (Å²) in [5, 5.41) is 18.6. The van der Waals surface area contributed by atoms with Gasteiger partial charge in [-0.2, -0.15) is 0 Å². The van der Waals surface area contributed by atoms with Gasteiger partial charge in [0.15, 0.2) is 5.76 Å². The minimum absolute atomic E-state index is 0.0300. The first-order valence-electron chi connectivity index (χ1n) is 8.59. The number of methoxy groups -OCH3 is 1. The number of aromatic nitrogens is 1. The number of carboxylic acid groups (broad SMARTS) is 1. The van der Waals surface area contributed by atoms with Crippen molar-refractivity contribution in [1.82, 2.24) is 10.5 Å². The molecule has 3 rings (SSSR count). The third kappa shape index (κ3) is 4.52. The fourth-order valence-corrected chi connectivity index (χ4v) is 2.74. The minimum Gasteiger partial charge on any atom is -0.497 e. The van der Waals surface area contributed by atoms with E-state index in [1.807, 2.05) is 0 Å². The van der Waals surface area contributed by atoms with E-state index in [4.69, 9.17) is 9.26 Å². The number of benzene rings is 2. The molecule has 0 spiro atoms. The van der Waals surface area contributed by atoms with Crippen molar-refractivity contribution in [1.29, 1.82) is 0 Å². The van der Waals surface area contributed by atoms with Crippen LogP contribution in [0.15, 0.2) is 53.1 Å². The first-order chi connectivity index (χ1) is 13.9. The Labute approximate surface area is 165 Å². The Bertz CT molecular complexity index is 1030. The van der Waals surface area contributed by atoms with Gasteiger partial charge in [0, 0.05) is 17.3 Å². The van der Waals surface area contributed by atoms with E-state index in [1.165, 1.54) is 31.4 Å². The molecule has 0 saturated carbocycles. The summed E-state index contributed by atoms with van der Waals surface area (Å²) in [6.45, 7) is 1.56. The molecule has 2 aromatic carbocycles.